The Balaban J connectivity index is 2.28. The van der Waals surface area contributed by atoms with Crippen molar-refractivity contribution >= 4 is 55.5 Å². The van der Waals surface area contributed by atoms with Crippen molar-refractivity contribution < 1.29 is 22.7 Å². The fourth-order valence-electron chi connectivity index (χ4n) is 2.99. The van der Waals surface area contributed by atoms with Gasteiger partial charge in [0, 0.05) is 18.1 Å². The monoisotopic (exact) mass is 442 g/mol. The molecule has 0 spiro atoms. The van der Waals surface area contributed by atoms with Crippen LogP contribution in [0.3, 0.4) is 0 Å². The fraction of sp³-hybridized carbons (Fsp3) is 0.278. The van der Waals surface area contributed by atoms with Crippen LogP contribution in [0.4, 0.5) is 5.69 Å². The Hall–Kier alpha value is -2.23. The largest absolute Gasteiger partial charge is 0.495 e. The average Bonchev–Trinajstić information content (AvgIpc) is 3.19. The van der Waals surface area contributed by atoms with Crippen LogP contribution in [-0.2, 0) is 21.8 Å². The molecule has 0 bridgehead atoms. The molecule has 28 heavy (non-hydrogen) atoms. The van der Waals surface area contributed by atoms with Gasteiger partial charge in [-0.15, -0.1) is 11.3 Å². The Morgan fingerprint density at radius 3 is 2.57 bits per heavy atom. The van der Waals surface area contributed by atoms with E-state index in [2.05, 4.69) is 4.72 Å². The molecule has 1 N–H and O–H groups in total. The van der Waals surface area contributed by atoms with E-state index < -0.39 is 16.0 Å². The maximum atomic E-state index is 12.9. The molecule has 7 nitrogen and oxygen atoms in total. The number of nitrogens with one attached hydrogen (secondary N) is 1. The molecule has 0 aliphatic heterocycles. The molecule has 0 atom stereocenters. The third kappa shape index (κ3) is 3.45. The number of ether oxygens (including phenoxy) is 2. The number of rotatable bonds is 6. The van der Waals surface area contributed by atoms with Crippen LogP contribution in [0, 0.1) is 6.92 Å². The number of benzene rings is 1. The Labute approximate surface area is 171 Å². The van der Waals surface area contributed by atoms with Gasteiger partial charge < -0.3 is 14.0 Å². The van der Waals surface area contributed by atoms with Crippen molar-refractivity contribution in [1.82, 2.24) is 4.57 Å². The zero-order valence-corrected chi connectivity index (χ0v) is 18.1. The number of sulfonamides is 1. The molecule has 0 radical (unpaired) electrons. The number of carbonyl (C=O) groups is 1. The summed E-state index contributed by atoms with van der Waals surface area (Å²) in [6, 6.07) is 6.35. The van der Waals surface area contributed by atoms with Crippen LogP contribution in [-0.4, -0.2) is 32.7 Å². The molecule has 2 aromatic heterocycles. The van der Waals surface area contributed by atoms with Crippen molar-refractivity contribution in [2.24, 2.45) is 7.05 Å². The Morgan fingerprint density at radius 1 is 1.29 bits per heavy atom. The number of aryl methyl sites for hydroxylation is 1. The van der Waals surface area contributed by atoms with E-state index in [0.717, 1.165) is 11.3 Å². The minimum absolute atomic E-state index is 0.0573. The molecule has 2 heterocycles. The molecule has 0 fully saturated rings. The molecule has 1 aromatic carbocycles. The molecule has 0 saturated heterocycles. The number of methoxy groups -OCH3 is 1. The number of hydrogen-bond acceptors (Lipinski definition) is 6. The highest BCUT2D eigenvalue weighted by Crippen LogP contribution is 2.40. The van der Waals surface area contributed by atoms with Gasteiger partial charge in [0.1, 0.15) is 15.6 Å². The standard InChI is InChI=1S/C18H19ClN2O5S2/c1-5-26-18(22)15-10(2)21(3)11-6-7-12(25-4)17(16(11)15)20-28(23,24)14-9-8-13(19)27-14/h6-9,20H,5H2,1-4H3. The summed E-state index contributed by atoms with van der Waals surface area (Å²) in [5, 5.41) is 0.420. The number of halogens is 1. The summed E-state index contributed by atoms with van der Waals surface area (Å²) in [6.07, 6.45) is 0. The van der Waals surface area contributed by atoms with Gasteiger partial charge in [-0.25, -0.2) is 13.2 Å². The molecule has 0 unspecified atom stereocenters. The van der Waals surface area contributed by atoms with Gasteiger partial charge in [-0.05, 0) is 38.1 Å². The molecule has 0 amide bonds. The average molecular weight is 443 g/mol. The predicted molar refractivity (Wildman–Crippen MR) is 110 cm³/mol. The van der Waals surface area contributed by atoms with Crippen molar-refractivity contribution in [2.75, 3.05) is 18.4 Å². The number of aromatic nitrogens is 1. The van der Waals surface area contributed by atoms with Gasteiger partial charge >= 0.3 is 5.97 Å². The summed E-state index contributed by atoms with van der Waals surface area (Å²) in [4.78, 5) is 12.6. The SMILES string of the molecule is CCOC(=O)c1c(C)n(C)c2ccc(OC)c(NS(=O)(=O)c3ccc(Cl)s3)c12. The second-order valence-electron chi connectivity index (χ2n) is 5.94. The Bertz CT molecular complexity index is 1160. The van der Waals surface area contributed by atoms with Crippen molar-refractivity contribution in [1.29, 1.82) is 0 Å². The highest BCUT2D eigenvalue weighted by Gasteiger charge is 2.27. The van der Waals surface area contributed by atoms with Crippen LogP contribution in [0.15, 0.2) is 28.5 Å². The second-order valence-corrected chi connectivity index (χ2v) is 9.57. The highest BCUT2D eigenvalue weighted by atomic mass is 35.5. The van der Waals surface area contributed by atoms with E-state index >= 15 is 0 Å². The third-order valence-electron chi connectivity index (χ3n) is 4.37. The van der Waals surface area contributed by atoms with Gasteiger partial charge in [0.05, 0.1) is 29.1 Å². The van der Waals surface area contributed by atoms with E-state index in [1.54, 1.807) is 37.6 Å². The lowest BCUT2D eigenvalue weighted by Gasteiger charge is -2.13. The topological polar surface area (TPSA) is 86.6 Å². The van der Waals surface area contributed by atoms with E-state index in [-0.39, 0.29) is 22.3 Å². The second kappa shape index (κ2) is 7.65. The first-order valence-electron chi connectivity index (χ1n) is 8.32. The molecule has 3 rings (SSSR count). The quantitative estimate of drug-likeness (QED) is 0.578. The maximum absolute atomic E-state index is 12.9. The minimum Gasteiger partial charge on any atom is -0.495 e. The summed E-state index contributed by atoms with van der Waals surface area (Å²) in [5.41, 5.74) is 1.79. The van der Waals surface area contributed by atoms with E-state index in [4.69, 9.17) is 21.1 Å². The zero-order valence-electron chi connectivity index (χ0n) is 15.7. The molecule has 0 aliphatic carbocycles. The molecule has 0 aliphatic rings. The number of esters is 1. The summed E-state index contributed by atoms with van der Waals surface area (Å²) >= 11 is 6.82. The summed E-state index contributed by atoms with van der Waals surface area (Å²) in [6.45, 7) is 3.69. The van der Waals surface area contributed by atoms with Gasteiger partial charge in [0.15, 0.2) is 0 Å². The lowest BCUT2D eigenvalue weighted by molar-refractivity contribution is 0.0527. The molecule has 150 valence electrons. The first-order valence-corrected chi connectivity index (χ1v) is 11.0. The summed E-state index contributed by atoms with van der Waals surface area (Å²) in [5.74, 6) is -0.242. The van der Waals surface area contributed by atoms with Crippen LogP contribution in [0.5, 0.6) is 5.75 Å². The molecule has 3 aromatic rings. The lowest BCUT2D eigenvalue weighted by atomic mass is 10.1. The number of fused-ring (bicyclic) bond motifs is 1. The molecule has 0 saturated carbocycles. The first-order chi connectivity index (χ1) is 13.2. The van der Waals surface area contributed by atoms with Gasteiger partial charge in [-0.3, -0.25) is 4.72 Å². The van der Waals surface area contributed by atoms with Crippen LogP contribution >= 0.6 is 22.9 Å². The number of nitrogens with zero attached hydrogens (tertiary/aromatic N) is 1. The number of hydrogen-bond donors (Lipinski definition) is 1. The van der Waals surface area contributed by atoms with Gasteiger partial charge in [0.25, 0.3) is 10.0 Å². The van der Waals surface area contributed by atoms with Crippen molar-refractivity contribution in [2.45, 2.75) is 18.1 Å². The molecular formula is C18H19ClN2O5S2. The smallest absolute Gasteiger partial charge is 0.340 e. The van der Waals surface area contributed by atoms with E-state index in [0.29, 0.717) is 26.5 Å². The first kappa shape index (κ1) is 20.5. The number of carbonyl (C=O) groups excluding carboxylic acids is 1. The summed E-state index contributed by atoms with van der Waals surface area (Å²) in [7, 11) is -0.705. The zero-order chi connectivity index (χ0) is 20.6. The molecule has 10 heteroatoms. The van der Waals surface area contributed by atoms with Gasteiger partial charge in [-0.1, -0.05) is 11.6 Å². The Morgan fingerprint density at radius 2 is 2.00 bits per heavy atom. The van der Waals surface area contributed by atoms with Crippen LogP contribution < -0.4 is 9.46 Å². The number of thiophene rings is 1. The van der Waals surface area contributed by atoms with Crippen molar-refractivity contribution in [3.63, 3.8) is 0 Å². The summed E-state index contributed by atoms with van der Waals surface area (Å²) < 4.78 is 41.1. The van der Waals surface area contributed by atoms with Crippen molar-refractivity contribution in [3.8, 4) is 5.75 Å². The van der Waals surface area contributed by atoms with E-state index in [9.17, 15) is 13.2 Å². The normalized spacial score (nSPS) is 11.6. The van der Waals surface area contributed by atoms with Gasteiger partial charge in [0.2, 0.25) is 0 Å². The van der Waals surface area contributed by atoms with Gasteiger partial charge in [-0.2, -0.15) is 0 Å². The minimum atomic E-state index is -3.93. The Kier molecular flexibility index (Phi) is 5.60. The predicted octanol–water partition coefficient (Wildman–Crippen LogP) is 4.19. The van der Waals surface area contributed by atoms with Crippen molar-refractivity contribution in [3.05, 3.63) is 39.9 Å². The van der Waals surface area contributed by atoms with Crippen LogP contribution in [0.25, 0.3) is 10.9 Å². The van der Waals surface area contributed by atoms with Crippen LogP contribution in [0.1, 0.15) is 23.0 Å². The molecular weight excluding hydrogens is 424 g/mol. The van der Waals surface area contributed by atoms with E-state index in [1.807, 2.05) is 0 Å². The maximum Gasteiger partial charge on any atom is 0.340 e. The highest BCUT2D eigenvalue weighted by molar-refractivity contribution is 7.94. The number of anilines is 1. The van der Waals surface area contributed by atoms with Crippen LogP contribution in [0.2, 0.25) is 4.34 Å². The fourth-order valence-corrected chi connectivity index (χ4v) is 5.55. The lowest BCUT2D eigenvalue weighted by Crippen LogP contribution is -2.13. The van der Waals surface area contributed by atoms with E-state index in [1.165, 1.54) is 19.2 Å². The third-order valence-corrected chi connectivity index (χ3v) is 7.44.